The molecule has 132 valence electrons. The first kappa shape index (κ1) is 17.1. The Bertz CT molecular complexity index is 922. The van der Waals surface area contributed by atoms with E-state index in [1.165, 1.54) is 0 Å². The van der Waals surface area contributed by atoms with Crippen LogP contribution in [0.1, 0.15) is 27.9 Å². The summed E-state index contributed by atoms with van der Waals surface area (Å²) in [5.41, 5.74) is -4.98. The second kappa shape index (κ2) is 5.36. The number of ether oxygens (including phenoxy) is 1. The van der Waals surface area contributed by atoms with Crippen LogP contribution in [0, 0.1) is 0 Å². The minimum atomic E-state index is -5.14. The fourth-order valence-corrected chi connectivity index (χ4v) is 2.50. The summed E-state index contributed by atoms with van der Waals surface area (Å²) in [6, 6.07) is 3.09. The molecule has 0 saturated heterocycles. The first-order valence-electron chi connectivity index (χ1n) is 6.70. The highest BCUT2D eigenvalue weighted by Crippen LogP contribution is 2.55. The molecule has 1 aromatic heterocycles. The second-order valence-corrected chi connectivity index (χ2v) is 5.17. The van der Waals surface area contributed by atoms with Gasteiger partial charge >= 0.3 is 11.8 Å². The molecule has 3 rings (SSSR count). The summed E-state index contributed by atoms with van der Waals surface area (Å²) in [5, 5.41) is 0. The van der Waals surface area contributed by atoms with E-state index in [2.05, 4.69) is 4.98 Å². The van der Waals surface area contributed by atoms with Crippen molar-refractivity contribution in [3.05, 3.63) is 57.5 Å². The van der Waals surface area contributed by atoms with E-state index in [-0.39, 0.29) is 5.75 Å². The number of halogens is 6. The molecule has 10 heteroatoms. The zero-order chi connectivity index (χ0) is 18.6. The first-order chi connectivity index (χ1) is 11.6. The molecule has 25 heavy (non-hydrogen) atoms. The van der Waals surface area contributed by atoms with Gasteiger partial charge in [0.25, 0.3) is 12.0 Å². The molecular formula is C15H7F6NO3. The third-order valence-electron chi connectivity index (χ3n) is 3.64. The molecule has 0 aliphatic heterocycles. The standard InChI is InChI=1S/C15H7F6NO3/c16-13(17)11-8(25-6-3-4-22-9(23)5-6)2-1-7-10(11)12(24)15(20,21)14(7,18)19/h1-5,13H,(H,22,23). The molecule has 4 nitrogen and oxygen atoms in total. The van der Waals surface area contributed by atoms with Gasteiger partial charge in [-0.2, -0.15) is 17.6 Å². The molecule has 0 spiro atoms. The average Bonchev–Trinajstić information content (AvgIpc) is 2.65. The Hall–Kier alpha value is -2.78. The third kappa shape index (κ3) is 2.39. The Morgan fingerprint density at radius 2 is 1.68 bits per heavy atom. The number of aromatic nitrogens is 1. The average molecular weight is 363 g/mol. The molecule has 1 aromatic carbocycles. The number of fused-ring (bicyclic) bond motifs is 1. The van der Waals surface area contributed by atoms with Gasteiger partial charge in [0, 0.05) is 23.4 Å². The molecule has 0 fully saturated rings. The fourth-order valence-electron chi connectivity index (χ4n) is 2.50. The Morgan fingerprint density at radius 1 is 1.00 bits per heavy atom. The predicted molar refractivity (Wildman–Crippen MR) is 71.7 cm³/mol. The van der Waals surface area contributed by atoms with E-state index in [0.717, 1.165) is 18.3 Å². The number of aromatic amines is 1. The number of H-pyrrole nitrogens is 1. The Labute approximate surface area is 135 Å². The highest BCUT2D eigenvalue weighted by Gasteiger charge is 2.70. The molecule has 0 radical (unpaired) electrons. The lowest BCUT2D eigenvalue weighted by Gasteiger charge is -2.17. The number of alkyl halides is 6. The largest absolute Gasteiger partial charge is 0.457 e. The Balaban J connectivity index is 2.20. The van der Waals surface area contributed by atoms with Crippen LogP contribution in [0.25, 0.3) is 0 Å². The van der Waals surface area contributed by atoms with E-state index in [4.69, 9.17) is 4.74 Å². The van der Waals surface area contributed by atoms with Gasteiger partial charge in [0.05, 0.1) is 5.56 Å². The smallest absolute Gasteiger partial charge is 0.376 e. The summed E-state index contributed by atoms with van der Waals surface area (Å²) in [6.07, 6.45) is -2.42. The molecule has 1 aliphatic rings. The Morgan fingerprint density at radius 3 is 2.28 bits per heavy atom. The highest BCUT2D eigenvalue weighted by molar-refractivity contribution is 6.08. The number of carbonyl (C=O) groups is 1. The molecule has 1 aliphatic carbocycles. The van der Waals surface area contributed by atoms with Crippen molar-refractivity contribution in [1.82, 2.24) is 4.98 Å². The van der Waals surface area contributed by atoms with Gasteiger partial charge in [-0.3, -0.25) is 9.59 Å². The molecule has 1 heterocycles. The number of ketones is 1. The number of hydrogen-bond donors (Lipinski definition) is 1. The maximum atomic E-state index is 13.7. The predicted octanol–water partition coefficient (Wildman–Crippen LogP) is 4.03. The van der Waals surface area contributed by atoms with Crippen molar-refractivity contribution in [2.75, 3.05) is 0 Å². The number of carbonyl (C=O) groups excluding carboxylic acids is 1. The van der Waals surface area contributed by atoms with Crippen molar-refractivity contribution >= 4 is 5.78 Å². The zero-order valence-electron chi connectivity index (χ0n) is 12.0. The minimum absolute atomic E-state index is 0.241. The maximum absolute atomic E-state index is 13.7. The molecule has 0 unspecified atom stereocenters. The zero-order valence-corrected chi connectivity index (χ0v) is 12.0. The van der Waals surface area contributed by atoms with E-state index in [1.54, 1.807) is 0 Å². The molecule has 1 N–H and O–H groups in total. The number of nitrogens with one attached hydrogen (secondary N) is 1. The summed E-state index contributed by atoms with van der Waals surface area (Å²) in [6.45, 7) is 0. The lowest BCUT2D eigenvalue weighted by molar-refractivity contribution is -0.176. The van der Waals surface area contributed by atoms with E-state index in [1.807, 2.05) is 0 Å². The fraction of sp³-hybridized carbons (Fsp3) is 0.200. The van der Waals surface area contributed by atoms with Crippen LogP contribution < -0.4 is 10.3 Å². The summed E-state index contributed by atoms with van der Waals surface area (Å²) in [7, 11) is 0. The van der Waals surface area contributed by atoms with Crippen LogP contribution in [0.15, 0.2) is 35.3 Å². The van der Waals surface area contributed by atoms with Crippen LogP contribution in [0.2, 0.25) is 0 Å². The summed E-state index contributed by atoms with van der Waals surface area (Å²) < 4.78 is 86.2. The number of pyridine rings is 1. The number of benzene rings is 1. The number of Topliss-reactive ketones (excluding diaryl/α,β-unsaturated/α-hetero) is 1. The van der Waals surface area contributed by atoms with Gasteiger partial charge in [-0.05, 0) is 18.2 Å². The lowest BCUT2D eigenvalue weighted by atomic mass is 10.0. The van der Waals surface area contributed by atoms with Crippen molar-refractivity contribution in [2.24, 2.45) is 0 Å². The Kier molecular flexibility index (Phi) is 3.66. The topological polar surface area (TPSA) is 59.2 Å². The van der Waals surface area contributed by atoms with Crippen LogP contribution in [0.3, 0.4) is 0 Å². The molecule has 0 amide bonds. The molecule has 0 saturated carbocycles. The van der Waals surface area contributed by atoms with Crippen LogP contribution in [0.5, 0.6) is 11.5 Å². The summed E-state index contributed by atoms with van der Waals surface area (Å²) >= 11 is 0. The lowest BCUT2D eigenvalue weighted by Crippen LogP contribution is -2.38. The van der Waals surface area contributed by atoms with E-state index in [0.29, 0.717) is 12.1 Å². The summed E-state index contributed by atoms with van der Waals surface area (Å²) in [5.74, 6) is -13.5. The summed E-state index contributed by atoms with van der Waals surface area (Å²) in [4.78, 5) is 25.0. The first-order valence-corrected chi connectivity index (χ1v) is 6.70. The van der Waals surface area contributed by atoms with Crippen LogP contribution in [-0.4, -0.2) is 16.7 Å². The van der Waals surface area contributed by atoms with Crippen LogP contribution >= 0.6 is 0 Å². The second-order valence-electron chi connectivity index (χ2n) is 5.17. The molecule has 0 atom stereocenters. The van der Waals surface area contributed by atoms with Crippen molar-refractivity contribution in [1.29, 1.82) is 0 Å². The molecular weight excluding hydrogens is 356 g/mol. The van der Waals surface area contributed by atoms with Crippen molar-refractivity contribution in [3.8, 4) is 11.5 Å². The van der Waals surface area contributed by atoms with Gasteiger partial charge in [-0.15, -0.1) is 0 Å². The SMILES string of the molecule is O=C1c2c(ccc(Oc3cc[nH]c(=O)c3)c2C(F)F)C(F)(F)C1(F)F. The number of hydrogen-bond acceptors (Lipinski definition) is 3. The third-order valence-corrected chi connectivity index (χ3v) is 3.64. The van der Waals surface area contributed by atoms with Crippen molar-refractivity contribution < 1.29 is 35.9 Å². The molecule has 0 bridgehead atoms. The van der Waals surface area contributed by atoms with Gasteiger partial charge in [-0.25, -0.2) is 8.78 Å². The van der Waals surface area contributed by atoms with Crippen molar-refractivity contribution in [2.45, 2.75) is 18.3 Å². The quantitative estimate of drug-likeness (QED) is 0.838. The normalized spacial score (nSPS) is 17.6. The van der Waals surface area contributed by atoms with E-state index in [9.17, 15) is 35.9 Å². The van der Waals surface area contributed by atoms with Crippen LogP contribution in [-0.2, 0) is 5.92 Å². The highest BCUT2D eigenvalue weighted by atomic mass is 19.3. The van der Waals surface area contributed by atoms with Gasteiger partial charge < -0.3 is 9.72 Å². The van der Waals surface area contributed by atoms with E-state index >= 15 is 0 Å². The van der Waals surface area contributed by atoms with Gasteiger partial charge in [0.15, 0.2) is 0 Å². The maximum Gasteiger partial charge on any atom is 0.376 e. The van der Waals surface area contributed by atoms with Gasteiger partial charge in [0.1, 0.15) is 11.5 Å². The number of rotatable bonds is 3. The van der Waals surface area contributed by atoms with Crippen molar-refractivity contribution in [3.63, 3.8) is 0 Å². The van der Waals surface area contributed by atoms with Gasteiger partial charge in [-0.1, -0.05) is 0 Å². The molecule has 2 aromatic rings. The van der Waals surface area contributed by atoms with Gasteiger partial charge in [0.2, 0.25) is 5.78 Å². The minimum Gasteiger partial charge on any atom is -0.457 e. The van der Waals surface area contributed by atoms with Crippen LogP contribution in [0.4, 0.5) is 26.3 Å². The monoisotopic (exact) mass is 363 g/mol. The van der Waals surface area contributed by atoms with E-state index < -0.39 is 52.1 Å².